The van der Waals surface area contributed by atoms with Crippen LogP contribution in [-0.2, 0) is 4.79 Å². The molecular weight excluding hydrogens is 226 g/mol. The number of nitrogens with zero attached hydrogens (tertiary/aromatic N) is 1. The van der Waals surface area contributed by atoms with Crippen molar-refractivity contribution in [2.24, 2.45) is 0 Å². The molecule has 16 heavy (non-hydrogen) atoms. The molecule has 0 bridgehead atoms. The van der Waals surface area contributed by atoms with Crippen molar-refractivity contribution < 1.29 is 9.53 Å². The Bertz CT molecular complexity index is 402. The summed E-state index contributed by atoms with van der Waals surface area (Å²) < 4.78 is 5.41. The van der Waals surface area contributed by atoms with Crippen LogP contribution < -0.4 is 4.74 Å². The van der Waals surface area contributed by atoms with Gasteiger partial charge in [0, 0.05) is 13.1 Å². The van der Waals surface area contributed by atoms with Crippen molar-refractivity contribution in [2.45, 2.75) is 13.3 Å². The molecule has 0 radical (unpaired) electrons. The first-order valence-electron chi connectivity index (χ1n) is 5.33. The minimum Gasteiger partial charge on any atom is -0.482 e. The van der Waals surface area contributed by atoms with Crippen molar-refractivity contribution in [3.05, 3.63) is 28.8 Å². The Morgan fingerprint density at radius 3 is 2.88 bits per heavy atom. The first-order valence-corrected chi connectivity index (χ1v) is 5.71. The fraction of sp³-hybridized carbons (Fsp3) is 0.417. The summed E-state index contributed by atoms with van der Waals surface area (Å²) in [5.41, 5.74) is 1.07. The van der Waals surface area contributed by atoms with Crippen LogP contribution in [0.3, 0.4) is 0 Å². The predicted molar refractivity (Wildman–Crippen MR) is 62.9 cm³/mol. The minimum atomic E-state index is 0.0313. The molecule has 1 amide bonds. The van der Waals surface area contributed by atoms with Gasteiger partial charge in [-0.25, -0.2) is 0 Å². The number of halogens is 1. The summed E-state index contributed by atoms with van der Waals surface area (Å²) in [5, 5.41) is 0.544. The molecule has 0 atom stereocenters. The van der Waals surface area contributed by atoms with Crippen LogP contribution in [0.25, 0.3) is 0 Å². The van der Waals surface area contributed by atoms with E-state index in [4.69, 9.17) is 16.3 Å². The Hall–Kier alpha value is -1.22. The number of likely N-dealkylation sites (tertiary alicyclic amines) is 1. The van der Waals surface area contributed by atoms with Crippen LogP contribution in [-0.4, -0.2) is 30.5 Å². The summed E-state index contributed by atoms with van der Waals surface area (Å²) in [6.07, 6.45) is 1.09. The Balaban J connectivity index is 1.93. The Morgan fingerprint density at radius 1 is 1.50 bits per heavy atom. The maximum Gasteiger partial charge on any atom is 0.260 e. The smallest absolute Gasteiger partial charge is 0.260 e. The lowest BCUT2D eigenvalue weighted by Crippen LogP contribution is -2.44. The largest absolute Gasteiger partial charge is 0.482 e. The summed E-state index contributed by atoms with van der Waals surface area (Å²) in [5.74, 6) is 0.611. The lowest BCUT2D eigenvalue weighted by Gasteiger charge is -2.30. The van der Waals surface area contributed by atoms with Crippen LogP contribution in [0.15, 0.2) is 18.2 Å². The highest BCUT2D eigenvalue weighted by Crippen LogP contribution is 2.25. The van der Waals surface area contributed by atoms with Gasteiger partial charge in [-0.15, -0.1) is 0 Å². The van der Waals surface area contributed by atoms with Gasteiger partial charge in [0.2, 0.25) is 0 Å². The number of rotatable bonds is 3. The van der Waals surface area contributed by atoms with Crippen LogP contribution in [0, 0.1) is 6.92 Å². The van der Waals surface area contributed by atoms with E-state index in [1.807, 2.05) is 19.1 Å². The topological polar surface area (TPSA) is 29.5 Å². The second kappa shape index (κ2) is 4.74. The van der Waals surface area contributed by atoms with E-state index >= 15 is 0 Å². The third kappa shape index (κ3) is 2.47. The molecule has 0 saturated carbocycles. The van der Waals surface area contributed by atoms with Crippen LogP contribution in [0.5, 0.6) is 5.75 Å². The molecule has 1 saturated heterocycles. The zero-order chi connectivity index (χ0) is 11.5. The summed E-state index contributed by atoms with van der Waals surface area (Å²) in [6, 6.07) is 5.53. The molecular formula is C12H14ClNO2. The summed E-state index contributed by atoms with van der Waals surface area (Å²) in [6.45, 7) is 3.73. The molecule has 0 spiro atoms. The highest BCUT2D eigenvalue weighted by Gasteiger charge is 2.20. The average Bonchev–Trinajstić information content (AvgIpc) is 2.17. The van der Waals surface area contributed by atoms with Gasteiger partial charge in [0.15, 0.2) is 6.61 Å². The van der Waals surface area contributed by atoms with E-state index in [1.54, 1.807) is 11.0 Å². The molecule has 2 rings (SSSR count). The van der Waals surface area contributed by atoms with Gasteiger partial charge in [-0.1, -0.05) is 17.7 Å². The Labute approximate surface area is 100.0 Å². The molecule has 0 unspecified atom stereocenters. The van der Waals surface area contributed by atoms with Crippen LogP contribution in [0.1, 0.15) is 12.0 Å². The highest BCUT2D eigenvalue weighted by molar-refractivity contribution is 6.32. The lowest BCUT2D eigenvalue weighted by atomic mass is 10.2. The van der Waals surface area contributed by atoms with Gasteiger partial charge in [-0.2, -0.15) is 0 Å². The van der Waals surface area contributed by atoms with E-state index in [9.17, 15) is 4.79 Å². The van der Waals surface area contributed by atoms with Gasteiger partial charge >= 0.3 is 0 Å². The van der Waals surface area contributed by atoms with Crippen LogP contribution >= 0.6 is 11.6 Å². The second-order valence-corrected chi connectivity index (χ2v) is 4.36. The highest BCUT2D eigenvalue weighted by atomic mass is 35.5. The van der Waals surface area contributed by atoms with E-state index in [-0.39, 0.29) is 12.5 Å². The van der Waals surface area contributed by atoms with Gasteiger partial charge in [0.05, 0.1) is 5.02 Å². The molecule has 1 aromatic carbocycles. The fourth-order valence-electron chi connectivity index (χ4n) is 1.52. The molecule has 1 aliphatic heterocycles. The SMILES string of the molecule is Cc1ccc(Cl)c(OCC(=O)N2CCC2)c1. The third-order valence-corrected chi connectivity index (χ3v) is 2.96. The van der Waals surface area contributed by atoms with Gasteiger partial charge in [-0.3, -0.25) is 4.79 Å². The Morgan fingerprint density at radius 2 is 2.25 bits per heavy atom. The van der Waals surface area contributed by atoms with E-state index in [1.165, 1.54) is 0 Å². The number of hydrogen-bond donors (Lipinski definition) is 0. The Kier molecular flexibility index (Phi) is 3.34. The number of hydrogen-bond acceptors (Lipinski definition) is 2. The summed E-state index contributed by atoms with van der Waals surface area (Å²) in [4.78, 5) is 13.3. The standard InChI is InChI=1S/C12H14ClNO2/c1-9-3-4-10(13)11(7-9)16-8-12(15)14-5-2-6-14/h3-4,7H,2,5-6,8H2,1H3. The quantitative estimate of drug-likeness (QED) is 0.810. The van der Waals surface area contributed by atoms with Crippen molar-refractivity contribution in [1.82, 2.24) is 4.90 Å². The molecule has 1 aromatic rings. The van der Waals surface area contributed by atoms with Gasteiger partial charge < -0.3 is 9.64 Å². The van der Waals surface area contributed by atoms with Gasteiger partial charge in [0.1, 0.15) is 5.75 Å². The normalized spacial score (nSPS) is 14.5. The third-order valence-electron chi connectivity index (χ3n) is 2.65. The maximum absolute atomic E-state index is 11.6. The molecule has 3 nitrogen and oxygen atoms in total. The molecule has 1 heterocycles. The van der Waals surface area contributed by atoms with Gasteiger partial charge in [0.25, 0.3) is 5.91 Å². The molecule has 86 valence electrons. The maximum atomic E-state index is 11.6. The molecule has 4 heteroatoms. The first kappa shape index (κ1) is 11.3. The van der Waals surface area contributed by atoms with Gasteiger partial charge in [-0.05, 0) is 31.0 Å². The fourth-order valence-corrected chi connectivity index (χ4v) is 1.69. The first-order chi connectivity index (χ1) is 7.66. The summed E-state index contributed by atoms with van der Waals surface area (Å²) >= 11 is 5.96. The van der Waals surface area contributed by atoms with E-state index in [0.717, 1.165) is 25.1 Å². The van der Waals surface area contributed by atoms with E-state index in [2.05, 4.69) is 0 Å². The zero-order valence-electron chi connectivity index (χ0n) is 9.20. The van der Waals surface area contributed by atoms with Crippen molar-refractivity contribution in [3.63, 3.8) is 0 Å². The number of carbonyl (C=O) groups excluding carboxylic acids is 1. The number of aryl methyl sites for hydroxylation is 1. The van der Waals surface area contributed by atoms with Crippen LogP contribution in [0.2, 0.25) is 5.02 Å². The molecule has 0 N–H and O–H groups in total. The van der Waals surface area contributed by atoms with Crippen molar-refractivity contribution >= 4 is 17.5 Å². The number of amides is 1. The number of carbonyl (C=O) groups is 1. The van der Waals surface area contributed by atoms with E-state index < -0.39 is 0 Å². The summed E-state index contributed by atoms with van der Waals surface area (Å²) in [7, 11) is 0. The molecule has 0 aliphatic carbocycles. The predicted octanol–water partition coefficient (Wildman–Crippen LogP) is 2.26. The number of ether oxygens (including phenoxy) is 1. The van der Waals surface area contributed by atoms with Crippen molar-refractivity contribution in [1.29, 1.82) is 0 Å². The molecule has 0 aromatic heterocycles. The van der Waals surface area contributed by atoms with E-state index in [0.29, 0.717) is 10.8 Å². The lowest BCUT2D eigenvalue weighted by molar-refractivity contribution is -0.136. The monoisotopic (exact) mass is 239 g/mol. The zero-order valence-corrected chi connectivity index (χ0v) is 9.96. The molecule has 1 fully saturated rings. The second-order valence-electron chi connectivity index (χ2n) is 3.96. The average molecular weight is 240 g/mol. The number of benzene rings is 1. The van der Waals surface area contributed by atoms with Crippen molar-refractivity contribution in [2.75, 3.05) is 19.7 Å². The van der Waals surface area contributed by atoms with Crippen LogP contribution in [0.4, 0.5) is 0 Å². The molecule has 1 aliphatic rings. The van der Waals surface area contributed by atoms with Crippen molar-refractivity contribution in [3.8, 4) is 5.75 Å². The minimum absolute atomic E-state index is 0.0313.